The lowest BCUT2D eigenvalue weighted by molar-refractivity contribution is 0.669. The van der Waals surface area contributed by atoms with Crippen molar-refractivity contribution in [3.8, 4) is 55.6 Å². The van der Waals surface area contributed by atoms with E-state index >= 15 is 0 Å². The van der Waals surface area contributed by atoms with Crippen molar-refractivity contribution in [2.75, 3.05) is 4.90 Å². The van der Waals surface area contributed by atoms with Gasteiger partial charge in [-0.15, -0.1) is 0 Å². The Morgan fingerprint density at radius 3 is 1.57 bits per heavy atom. The van der Waals surface area contributed by atoms with E-state index in [4.69, 9.17) is 8.83 Å². The van der Waals surface area contributed by atoms with Crippen LogP contribution in [0.5, 0.6) is 0 Å². The minimum Gasteiger partial charge on any atom is -0.456 e. The molecule has 0 amide bonds. The third kappa shape index (κ3) is 6.29. The average Bonchev–Trinajstić information content (AvgIpc) is 3.94. The molecule has 0 aliphatic heterocycles. The van der Waals surface area contributed by atoms with Crippen LogP contribution < -0.4 is 4.90 Å². The van der Waals surface area contributed by atoms with Crippen LogP contribution in [0.4, 0.5) is 17.1 Å². The van der Waals surface area contributed by atoms with Crippen molar-refractivity contribution >= 4 is 60.9 Å². The highest BCUT2D eigenvalue weighted by Crippen LogP contribution is 2.47. The SMILES string of the molecule is c1ccc(-c2ccccc2-c2ccccc2-c2ccccc2N(c2ccc(-c3cccc4oc5ccccc5c34)cc2)c2cccc(-c3cccc4c3oc3ccccc34)c2)cc1. The van der Waals surface area contributed by atoms with Gasteiger partial charge in [-0.25, -0.2) is 0 Å². The van der Waals surface area contributed by atoms with Crippen LogP contribution in [0.25, 0.3) is 99.5 Å². The minimum absolute atomic E-state index is 0.886. The zero-order chi connectivity index (χ0) is 41.7. The van der Waals surface area contributed by atoms with Crippen LogP contribution in [0.15, 0.2) is 245 Å². The number of benzene rings is 10. The Balaban J connectivity index is 1.05. The van der Waals surface area contributed by atoms with Gasteiger partial charge in [0.1, 0.15) is 22.3 Å². The molecule has 0 fully saturated rings. The number of hydrogen-bond acceptors (Lipinski definition) is 3. The van der Waals surface area contributed by atoms with Crippen molar-refractivity contribution in [3.63, 3.8) is 0 Å². The largest absolute Gasteiger partial charge is 0.456 e. The summed E-state index contributed by atoms with van der Waals surface area (Å²) < 4.78 is 12.9. The van der Waals surface area contributed by atoms with Crippen LogP contribution in [0.1, 0.15) is 0 Å². The van der Waals surface area contributed by atoms with Crippen LogP contribution in [-0.2, 0) is 0 Å². The predicted molar refractivity (Wildman–Crippen MR) is 263 cm³/mol. The van der Waals surface area contributed by atoms with Gasteiger partial charge in [0.05, 0.1) is 5.69 Å². The maximum atomic E-state index is 6.57. The Hall–Kier alpha value is -8.40. The van der Waals surface area contributed by atoms with Gasteiger partial charge in [-0.2, -0.15) is 0 Å². The summed E-state index contributed by atoms with van der Waals surface area (Å²) in [6.45, 7) is 0. The van der Waals surface area contributed by atoms with Crippen molar-refractivity contribution in [2.24, 2.45) is 0 Å². The number of furan rings is 2. The summed E-state index contributed by atoms with van der Waals surface area (Å²) >= 11 is 0. The molecule has 0 saturated carbocycles. The van der Waals surface area contributed by atoms with E-state index < -0.39 is 0 Å². The molecular formula is C60H39NO2. The highest BCUT2D eigenvalue weighted by molar-refractivity contribution is 6.13. The van der Waals surface area contributed by atoms with Gasteiger partial charge in [0.25, 0.3) is 0 Å². The molecule has 0 spiro atoms. The summed E-state index contributed by atoms with van der Waals surface area (Å²) in [5.74, 6) is 0. The molecule has 2 heterocycles. The van der Waals surface area contributed by atoms with Crippen molar-refractivity contribution in [2.45, 2.75) is 0 Å². The first-order valence-corrected chi connectivity index (χ1v) is 21.4. The fourth-order valence-corrected chi connectivity index (χ4v) is 9.46. The smallest absolute Gasteiger partial charge is 0.143 e. The monoisotopic (exact) mass is 805 g/mol. The molecule has 2 aromatic heterocycles. The molecule has 3 nitrogen and oxygen atoms in total. The first kappa shape index (κ1) is 36.5. The lowest BCUT2D eigenvalue weighted by atomic mass is 9.88. The first-order valence-electron chi connectivity index (χ1n) is 21.4. The summed E-state index contributed by atoms with van der Waals surface area (Å²) in [5.41, 5.74) is 18.1. The van der Waals surface area contributed by atoms with Gasteiger partial charge >= 0.3 is 0 Å². The average molecular weight is 806 g/mol. The highest BCUT2D eigenvalue weighted by Gasteiger charge is 2.22. The Labute approximate surface area is 365 Å². The Kier molecular flexibility index (Phi) is 8.83. The summed E-state index contributed by atoms with van der Waals surface area (Å²) in [5, 5.41) is 4.47. The second kappa shape index (κ2) is 15.3. The topological polar surface area (TPSA) is 29.5 Å². The molecule has 12 rings (SSSR count). The van der Waals surface area contributed by atoms with E-state index in [1.54, 1.807) is 0 Å². The quantitative estimate of drug-likeness (QED) is 0.153. The minimum atomic E-state index is 0.886. The summed E-state index contributed by atoms with van der Waals surface area (Å²) in [4.78, 5) is 2.40. The Bertz CT molecular complexity index is 3630. The van der Waals surface area contributed by atoms with Crippen LogP contribution in [0.2, 0.25) is 0 Å². The maximum Gasteiger partial charge on any atom is 0.143 e. The molecule has 0 aliphatic carbocycles. The van der Waals surface area contributed by atoms with Crippen molar-refractivity contribution in [1.82, 2.24) is 0 Å². The van der Waals surface area contributed by atoms with Gasteiger partial charge in [-0.05, 0) is 93.0 Å². The molecule has 0 unspecified atom stereocenters. The number of nitrogens with zero attached hydrogens (tertiary/aromatic N) is 1. The van der Waals surface area contributed by atoms with Gasteiger partial charge in [0, 0.05) is 44.0 Å². The van der Waals surface area contributed by atoms with Crippen molar-refractivity contribution < 1.29 is 8.83 Å². The molecule has 0 saturated heterocycles. The second-order valence-electron chi connectivity index (χ2n) is 16.0. The number of fused-ring (bicyclic) bond motifs is 6. The molecule has 3 heteroatoms. The van der Waals surface area contributed by atoms with Crippen LogP contribution in [0, 0.1) is 0 Å². The predicted octanol–water partition coefficient (Wildman–Crippen LogP) is 17.3. The van der Waals surface area contributed by atoms with Crippen molar-refractivity contribution in [1.29, 1.82) is 0 Å². The van der Waals surface area contributed by atoms with E-state index in [0.29, 0.717) is 0 Å². The summed E-state index contributed by atoms with van der Waals surface area (Å²) in [6, 6.07) is 84.2. The van der Waals surface area contributed by atoms with Gasteiger partial charge in [-0.1, -0.05) is 188 Å². The molecule has 10 aromatic carbocycles. The molecule has 0 bridgehead atoms. The molecule has 12 aromatic rings. The highest BCUT2D eigenvalue weighted by atomic mass is 16.3. The molecule has 0 radical (unpaired) electrons. The van der Waals surface area contributed by atoms with Gasteiger partial charge in [0.2, 0.25) is 0 Å². The number of para-hydroxylation sites is 4. The number of rotatable bonds is 8. The van der Waals surface area contributed by atoms with E-state index in [9.17, 15) is 0 Å². The summed E-state index contributed by atoms with van der Waals surface area (Å²) in [6.07, 6.45) is 0. The lowest BCUT2D eigenvalue weighted by Gasteiger charge is -2.29. The van der Waals surface area contributed by atoms with E-state index in [2.05, 4.69) is 217 Å². The fraction of sp³-hybridized carbons (Fsp3) is 0. The van der Waals surface area contributed by atoms with Gasteiger partial charge < -0.3 is 13.7 Å². The Morgan fingerprint density at radius 1 is 0.270 bits per heavy atom. The van der Waals surface area contributed by atoms with E-state index in [1.165, 1.54) is 22.3 Å². The molecule has 0 atom stereocenters. The number of anilines is 3. The number of hydrogen-bond donors (Lipinski definition) is 0. The van der Waals surface area contributed by atoms with E-state index in [0.717, 1.165) is 94.3 Å². The van der Waals surface area contributed by atoms with E-state index in [-0.39, 0.29) is 0 Å². The van der Waals surface area contributed by atoms with Crippen molar-refractivity contribution in [3.05, 3.63) is 237 Å². The molecule has 63 heavy (non-hydrogen) atoms. The lowest BCUT2D eigenvalue weighted by Crippen LogP contribution is -2.11. The van der Waals surface area contributed by atoms with E-state index in [1.807, 2.05) is 24.3 Å². The molecule has 0 N–H and O–H groups in total. The van der Waals surface area contributed by atoms with Gasteiger partial charge in [-0.3, -0.25) is 0 Å². The molecular weight excluding hydrogens is 767 g/mol. The zero-order valence-electron chi connectivity index (χ0n) is 34.3. The zero-order valence-corrected chi connectivity index (χ0v) is 34.3. The fourth-order valence-electron chi connectivity index (χ4n) is 9.46. The molecule has 296 valence electrons. The van der Waals surface area contributed by atoms with Crippen LogP contribution >= 0.6 is 0 Å². The maximum absolute atomic E-state index is 6.57. The Morgan fingerprint density at radius 2 is 0.778 bits per heavy atom. The third-order valence-corrected chi connectivity index (χ3v) is 12.3. The molecule has 0 aliphatic rings. The standard InChI is InChI=1S/C60H39NO2/c1-2-17-40(18-3-1)45-21-4-5-22-48(45)49-23-6-7-24-50(49)51-25-8-11-31-55(51)61(43-37-35-41(36-38-43)46-28-16-34-58-59(46)54-27-10-13-33-57(54)62-58)44-20-14-19-42(39-44)47-29-15-30-53-52-26-9-12-32-56(52)63-60(47)53/h1-39H. The van der Waals surface area contributed by atoms with Crippen LogP contribution in [0.3, 0.4) is 0 Å². The third-order valence-electron chi connectivity index (χ3n) is 12.3. The van der Waals surface area contributed by atoms with Gasteiger partial charge in [0.15, 0.2) is 0 Å². The van der Waals surface area contributed by atoms with Crippen LogP contribution in [-0.4, -0.2) is 0 Å². The summed E-state index contributed by atoms with van der Waals surface area (Å²) in [7, 11) is 0. The second-order valence-corrected chi connectivity index (χ2v) is 16.0. The normalized spacial score (nSPS) is 11.5. The first-order chi connectivity index (χ1) is 31.3.